The van der Waals surface area contributed by atoms with Crippen molar-refractivity contribution in [2.45, 2.75) is 13.0 Å². The summed E-state index contributed by atoms with van der Waals surface area (Å²) in [6.07, 6.45) is 0. The Morgan fingerprint density at radius 3 is 2.29 bits per heavy atom. The van der Waals surface area contributed by atoms with Gasteiger partial charge in [-0.25, -0.2) is 5.43 Å². The Balaban J connectivity index is 2.55. The van der Waals surface area contributed by atoms with Crippen LogP contribution in [0.4, 0.5) is 0 Å². The van der Waals surface area contributed by atoms with E-state index in [2.05, 4.69) is 23.8 Å². The number of methoxy groups -OCH3 is 3. The summed E-state index contributed by atoms with van der Waals surface area (Å²) >= 11 is 1.68. The number of hydrogen-bond donors (Lipinski definition) is 2. The van der Waals surface area contributed by atoms with E-state index in [1.165, 1.54) is 4.88 Å². The summed E-state index contributed by atoms with van der Waals surface area (Å²) in [7, 11) is 4.79. The van der Waals surface area contributed by atoms with Crippen molar-refractivity contribution in [3.05, 3.63) is 39.6 Å². The topological polar surface area (TPSA) is 65.7 Å². The van der Waals surface area contributed by atoms with Crippen LogP contribution in [0.3, 0.4) is 0 Å². The van der Waals surface area contributed by atoms with Crippen LogP contribution in [0.5, 0.6) is 17.2 Å². The van der Waals surface area contributed by atoms with E-state index >= 15 is 0 Å². The fourth-order valence-electron chi connectivity index (χ4n) is 2.33. The molecule has 0 fully saturated rings. The van der Waals surface area contributed by atoms with E-state index < -0.39 is 0 Å². The Kier molecular flexibility index (Phi) is 5.06. The second kappa shape index (κ2) is 6.80. The Morgan fingerprint density at radius 1 is 1.10 bits per heavy atom. The lowest BCUT2D eigenvalue weighted by Gasteiger charge is -2.21. The predicted molar refractivity (Wildman–Crippen MR) is 84.3 cm³/mol. The highest BCUT2D eigenvalue weighted by Crippen LogP contribution is 2.43. The first-order valence-corrected chi connectivity index (χ1v) is 7.34. The molecule has 0 aliphatic heterocycles. The SMILES string of the molecule is COc1ccc(C(NN)c2csc(C)c2)c(OC)c1OC. The number of rotatable bonds is 6. The van der Waals surface area contributed by atoms with Crippen LogP contribution in [-0.2, 0) is 0 Å². The average molecular weight is 308 g/mol. The summed E-state index contributed by atoms with van der Waals surface area (Å²) < 4.78 is 16.2. The molecule has 1 atom stereocenters. The number of benzene rings is 1. The molecule has 5 nitrogen and oxygen atoms in total. The molecule has 6 heteroatoms. The van der Waals surface area contributed by atoms with E-state index in [0.29, 0.717) is 17.2 Å². The molecule has 21 heavy (non-hydrogen) atoms. The zero-order valence-electron chi connectivity index (χ0n) is 12.6. The summed E-state index contributed by atoms with van der Waals surface area (Å²) in [5, 5.41) is 2.08. The van der Waals surface area contributed by atoms with Crippen LogP contribution in [0.15, 0.2) is 23.6 Å². The number of aryl methyl sites for hydroxylation is 1. The number of hydrogen-bond acceptors (Lipinski definition) is 6. The van der Waals surface area contributed by atoms with Gasteiger partial charge in [-0.1, -0.05) is 0 Å². The maximum atomic E-state index is 5.76. The van der Waals surface area contributed by atoms with Crippen molar-refractivity contribution in [3.63, 3.8) is 0 Å². The van der Waals surface area contributed by atoms with Crippen molar-refractivity contribution >= 4 is 11.3 Å². The zero-order valence-corrected chi connectivity index (χ0v) is 13.4. The molecule has 1 aromatic carbocycles. The van der Waals surface area contributed by atoms with Crippen LogP contribution in [0.25, 0.3) is 0 Å². The first-order chi connectivity index (χ1) is 10.2. The third-order valence-corrected chi connectivity index (χ3v) is 4.18. The Labute approximate surface area is 128 Å². The average Bonchev–Trinajstić information content (AvgIpc) is 2.93. The largest absolute Gasteiger partial charge is 0.493 e. The molecule has 0 aliphatic rings. The molecule has 0 amide bonds. The van der Waals surface area contributed by atoms with Crippen LogP contribution >= 0.6 is 11.3 Å². The van der Waals surface area contributed by atoms with Gasteiger partial charge >= 0.3 is 0 Å². The third-order valence-electron chi connectivity index (χ3n) is 3.30. The van der Waals surface area contributed by atoms with Crippen LogP contribution in [0, 0.1) is 6.92 Å². The van der Waals surface area contributed by atoms with E-state index in [1.807, 2.05) is 12.1 Å². The molecule has 1 unspecified atom stereocenters. The minimum absolute atomic E-state index is 0.176. The standard InChI is InChI=1S/C15H20N2O3S/c1-9-7-10(8-21-9)13(17-16)11-5-6-12(18-2)15(20-4)14(11)19-3/h5-8,13,17H,16H2,1-4H3. The molecule has 0 aliphatic carbocycles. The van der Waals surface area contributed by atoms with E-state index in [0.717, 1.165) is 11.1 Å². The summed E-state index contributed by atoms with van der Waals surface area (Å²) in [4.78, 5) is 1.23. The number of hydrazine groups is 1. The molecule has 1 aromatic heterocycles. The molecule has 0 spiro atoms. The van der Waals surface area contributed by atoms with Gasteiger partial charge in [0.1, 0.15) is 0 Å². The lowest BCUT2D eigenvalue weighted by Crippen LogP contribution is -2.29. The van der Waals surface area contributed by atoms with Crippen molar-refractivity contribution in [2.24, 2.45) is 5.84 Å². The van der Waals surface area contributed by atoms with Gasteiger partial charge in [-0.3, -0.25) is 5.84 Å². The normalized spacial score (nSPS) is 12.0. The minimum Gasteiger partial charge on any atom is -0.493 e. The number of ether oxygens (including phenoxy) is 3. The first kappa shape index (κ1) is 15.6. The van der Waals surface area contributed by atoms with Gasteiger partial charge in [0.05, 0.1) is 27.4 Å². The second-order valence-electron chi connectivity index (χ2n) is 4.51. The van der Waals surface area contributed by atoms with Crippen LogP contribution in [0.1, 0.15) is 22.0 Å². The molecule has 3 N–H and O–H groups in total. The monoisotopic (exact) mass is 308 g/mol. The van der Waals surface area contributed by atoms with Crippen molar-refractivity contribution < 1.29 is 14.2 Å². The molecular weight excluding hydrogens is 288 g/mol. The maximum Gasteiger partial charge on any atom is 0.203 e. The maximum absolute atomic E-state index is 5.76. The van der Waals surface area contributed by atoms with E-state index in [-0.39, 0.29) is 6.04 Å². The Bertz CT molecular complexity index is 613. The molecule has 2 aromatic rings. The lowest BCUT2D eigenvalue weighted by atomic mass is 9.99. The lowest BCUT2D eigenvalue weighted by molar-refractivity contribution is 0.320. The van der Waals surface area contributed by atoms with Gasteiger partial charge < -0.3 is 14.2 Å². The number of thiophene rings is 1. The number of nitrogens with one attached hydrogen (secondary N) is 1. The molecule has 1 heterocycles. The van der Waals surface area contributed by atoms with Gasteiger partial charge in [0.25, 0.3) is 0 Å². The van der Waals surface area contributed by atoms with Gasteiger partial charge in [0.2, 0.25) is 5.75 Å². The first-order valence-electron chi connectivity index (χ1n) is 6.46. The van der Waals surface area contributed by atoms with Crippen molar-refractivity contribution in [2.75, 3.05) is 21.3 Å². The fourth-order valence-corrected chi connectivity index (χ4v) is 3.06. The zero-order chi connectivity index (χ0) is 15.4. The minimum atomic E-state index is -0.176. The molecule has 0 radical (unpaired) electrons. The summed E-state index contributed by atoms with van der Waals surface area (Å²) in [6.45, 7) is 2.06. The van der Waals surface area contributed by atoms with Gasteiger partial charge in [0.15, 0.2) is 11.5 Å². The van der Waals surface area contributed by atoms with Crippen molar-refractivity contribution in [1.29, 1.82) is 0 Å². The van der Waals surface area contributed by atoms with E-state index in [9.17, 15) is 0 Å². The highest BCUT2D eigenvalue weighted by Gasteiger charge is 2.23. The van der Waals surface area contributed by atoms with Crippen molar-refractivity contribution in [3.8, 4) is 17.2 Å². The Hall–Kier alpha value is -1.76. The summed E-state index contributed by atoms with van der Waals surface area (Å²) in [5.41, 5.74) is 4.83. The van der Waals surface area contributed by atoms with E-state index in [1.54, 1.807) is 32.7 Å². The van der Waals surface area contributed by atoms with Crippen LogP contribution < -0.4 is 25.5 Å². The highest BCUT2D eigenvalue weighted by atomic mass is 32.1. The summed E-state index contributed by atoms with van der Waals surface area (Å²) in [6, 6.07) is 5.70. The van der Waals surface area contributed by atoms with Gasteiger partial charge in [-0.05, 0) is 36.1 Å². The molecule has 2 rings (SSSR count). The quantitative estimate of drug-likeness (QED) is 0.634. The third kappa shape index (κ3) is 2.97. The summed E-state index contributed by atoms with van der Waals surface area (Å²) in [5.74, 6) is 7.55. The smallest absolute Gasteiger partial charge is 0.203 e. The molecule has 0 bridgehead atoms. The second-order valence-corrected chi connectivity index (χ2v) is 5.63. The van der Waals surface area contributed by atoms with Crippen LogP contribution in [-0.4, -0.2) is 21.3 Å². The predicted octanol–water partition coefficient (Wildman–Crippen LogP) is 2.64. The Morgan fingerprint density at radius 2 is 1.81 bits per heavy atom. The van der Waals surface area contributed by atoms with E-state index in [4.69, 9.17) is 20.1 Å². The molecule has 114 valence electrons. The van der Waals surface area contributed by atoms with Gasteiger partial charge in [0, 0.05) is 10.4 Å². The van der Waals surface area contributed by atoms with Gasteiger partial charge in [-0.15, -0.1) is 11.3 Å². The van der Waals surface area contributed by atoms with Gasteiger partial charge in [-0.2, -0.15) is 0 Å². The highest BCUT2D eigenvalue weighted by molar-refractivity contribution is 7.10. The van der Waals surface area contributed by atoms with Crippen LogP contribution in [0.2, 0.25) is 0 Å². The molecular formula is C15H20N2O3S. The number of nitrogens with two attached hydrogens (primary N) is 1. The van der Waals surface area contributed by atoms with Crippen molar-refractivity contribution in [1.82, 2.24) is 5.43 Å². The molecule has 0 saturated heterocycles. The fraction of sp³-hybridized carbons (Fsp3) is 0.333. The molecule has 0 saturated carbocycles.